The molecule has 0 saturated carbocycles. The van der Waals surface area contributed by atoms with Crippen LogP contribution in [0.4, 0.5) is 4.39 Å². The molecule has 0 atom stereocenters. The van der Waals surface area contributed by atoms with Gasteiger partial charge in [0.15, 0.2) is 0 Å². The van der Waals surface area contributed by atoms with Crippen molar-refractivity contribution in [3.63, 3.8) is 0 Å². The Morgan fingerprint density at radius 3 is 2.75 bits per heavy atom. The Kier molecular flexibility index (Phi) is 4.72. The smallest absolute Gasteiger partial charge is 0.124 e. The second kappa shape index (κ2) is 6.51. The van der Waals surface area contributed by atoms with E-state index in [9.17, 15) is 4.39 Å². The first-order valence-electron chi connectivity index (χ1n) is 5.93. The number of benzene rings is 2. The summed E-state index contributed by atoms with van der Waals surface area (Å²) in [6, 6.07) is 11.5. The van der Waals surface area contributed by atoms with Crippen LogP contribution in [0.3, 0.4) is 0 Å². The molecule has 0 fully saturated rings. The lowest BCUT2D eigenvalue weighted by Gasteiger charge is -2.09. The normalized spacial score (nSPS) is 10.1. The predicted octanol–water partition coefficient (Wildman–Crippen LogP) is 3.50. The average Bonchev–Trinajstić information content (AvgIpc) is 2.45. The minimum Gasteiger partial charge on any atom is -0.489 e. The fourth-order valence-electron chi connectivity index (χ4n) is 1.76. The van der Waals surface area contributed by atoms with Crippen LogP contribution in [0.15, 0.2) is 40.9 Å². The van der Waals surface area contributed by atoms with E-state index in [1.54, 1.807) is 12.1 Å². The van der Waals surface area contributed by atoms with Gasteiger partial charge in [-0.3, -0.25) is 0 Å². The molecule has 102 valence electrons. The first-order chi connectivity index (χ1) is 9.62. The molecule has 0 aliphatic heterocycles. The molecule has 0 aromatic heterocycles. The first kappa shape index (κ1) is 14.5. The molecule has 0 amide bonds. The summed E-state index contributed by atoms with van der Waals surface area (Å²) in [7, 11) is 0. The van der Waals surface area contributed by atoms with E-state index >= 15 is 0 Å². The fourth-order valence-corrected chi connectivity index (χ4v) is 2.17. The third-order valence-electron chi connectivity index (χ3n) is 2.73. The van der Waals surface area contributed by atoms with Crippen LogP contribution in [0, 0.1) is 17.1 Å². The minimum atomic E-state index is -0.443. The Morgan fingerprint density at radius 2 is 2.05 bits per heavy atom. The van der Waals surface area contributed by atoms with Gasteiger partial charge in [-0.2, -0.15) is 5.26 Å². The number of ether oxygens (including phenoxy) is 1. The molecule has 0 heterocycles. The Labute approximate surface area is 124 Å². The Bertz CT molecular complexity index is 667. The summed E-state index contributed by atoms with van der Waals surface area (Å²) >= 11 is 3.39. The van der Waals surface area contributed by atoms with Crippen molar-refractivity contribution in [1.29, 1.82) is 5.26 Å². The van der Waals surface area contributed by atoms with Gasteiger partial charge in [-0.15, -0.1) is 0 Å². The van der Waals surface area contributed by atoms with E-state index in [-0.39, 0.29) is 12.2 Å². The highest BCUT2D eigenvalue weighted by molar-refractivity contribution is 9.10. The molecule has 0 spiro atoms. The fraction of sp³-hybridized carbons (Fsp3) is 0.133. The molecule has 0 saturated heterocycles. The van der Waals surface area contributed by atoms with Gasteiger partial charge in [0.1, 0.15) is 18.2 Å². The molecule has 0 radical (unpaired) electrons. The van der Waals surface area contributed by atoms with E-state index in [1.807, 2.05) is 18.2 Å². The van der Waals surface area contributed by atoms with Crippen molar-refractivity contribution in [3.05, 3.63) is 63.4 Å². The van der Waals surface area contributed by atoms with Crippen LogP contribution >= 0.6 is 15.9 Å². The molecule has 3 nitrogen and oxygen atoms in total. The molecule has 2 aromatic carbocycles. The highest BCUT2D eigenvalue weighted by Gasteiger charge is 2.04. The topological polar surface area (TPSA) is 59.0 Å². The van der Waals surface area contributed by atoms with Gasteiger partial charge in [0.2, 0.25) is 0 Å². The van der Waals surface area contributed by atoms with Crippen LogP contribution < -0.4 is 10.5 Å². The van der Waals surface area contributed by atoms with E-state index in [4.69, 9.17) is 15.7 Å². The van der Waals surface area contributed by atoms with Crippen LogP contribution in [-0.2, 0) is 13.2 Å². The third-order valence-corrected chi connectivity index (χ3v) is 3.50. The van der Waals surface area contributed by atoms with Crippen molar-refractivity contribution in [1.82, 2.24) is 0 Å². The number of hydrogen-bond acceptors (Lipinski definition) is 3. The third kappa shape index (κ3) is 3.56. The summed E-state index contributed by atoms with van der Waals surface area (Å²) in [5.74, 6) is 0.206. The highest BCUT2D eigenvalue weighted by Crippen LogP contribution is 2.23. The molecule has 2 aromatic rings. The van der Waals surface area contributed by atoms with Crippen molar-refractivity contribution < 1.29 is 9.13 Å². The van der Waals surface area contributed by atoms with Gasteiger partial charge in [-0.25, -0.2) is 4.39 Å². The summed E-state index contributed by atoms with van der Waals surface area (Å²) in [6.07, 6.45) is 0. The number of nitrogens with zero attached hydrogens (tertiary/aromatic N) is 1. The monoisotopic (exact) mass is 334 g/mol. The molecule has 0 unspecified atom stereocenters. The van der Waals surface area contributed by atoms with Gasteiger partial charge in [-0.05, 0) is 47.5 Å². The minimum absolute atomic E-state index is 0.193. The number of hydrogen-bond donors (Lipinski definition) is 1. The molecule has 2 rings (SSSR count). The molecule has 0 aliphatic carbocycles. The second-order valence-corrected chi connectivity index (χ2v) is 5.06. The van der Waals surface area contributed by atoms with Crippen LogP contribution in [-0.4, -0.2) is 0 Å². The predicted molar refractivity (Wildman–Crippen MR) is 77.5 cm³/mol. The van der Waals surface area contributed by atoms with Crippen molar-refractivity contribution >= 4 is 15.9 Å². The Morgan fingerprint density at radius 1 is 1.25 bits per heavy atom. The van der Waals surface area contributed by atoms with E-state index in [0.717, 1.165) is 10.0 Å². The van der Waals surface area contributed by atoms with Gasteiger partial charge < -0.3 is 10.5 Å². The van der Waals surface area contributed by atoms with Gasteiger partial charge in [-0.1, -0.05) is 15.9 Å². The summed E-state index contributed by atoms with van der Waals surface area (Å²) in [5.41, 5.74) is 7.43. The van der Waals surface area contributed by atoms with Crippen molar-refractivity contribution in [2.24, 2.45) is 5.73 Å². The lowest BCUT2D eigenvalue weighted by atomic mass is 10.1. The Hall–Kier alpha value is -1.90. The zero-order valence-corrected chi connectivity index (χ0v) is 12.2. The van der Waals surface area contributed by atoms with Gasteiger partial charge in [0.05, 0.1) is 11.6 Å². The lowest BCUT2D eigenvalue weighted by Crippen LogP contribution is -2.00. The van der Waals surface area contributed by atoms with Crippen LogP contribution in [0.1, 0.15) is 16.7 Å². The molecular weight excluding hydrogens is 323 g/mol. The zero-order valence-electron chi connectivity index (χ0n) is 10.6. The summed E-state index contributed by atoms with van der Waals surface area (Å²) in [4.78, 5) is 0. The molecular formula is C15H12BrFN2O. The van der Waals surface area contributed by atoms with Crippen LogP contribution in [0.2, 0.25) is 0 Å². The molecule has 0 bridgehead atoms. The highest BCUT2D eigenvalue weighted by atomic mass is 79.9. The van der Waals surface area contributed by atoms with E-state index in [0.29, 0.717) is 17.9 Å². The second-order valence-electron chi connectivity index (χ2n) is 4.21. The average molecular weight is 335 g/mol. The number of halogens is 2. The van der Waals surface area contributed by atoms with Crippen molar-refractivity contribution in [2.45, 2.75) is 13.2 Å². The van der Waals surface area contributed by atoms with Gasteiger partial charge in [0.25, 0.3) is 0 Å². The zero-order chi connectivity index (χ0) is 14.5. The standard InChI is InChI=1S/C15H12BrFN2O/c16-15-2-1-14(6-12(15)8-19)20-9-11-3-10(7-18)4-13(17)5-11/h1-6H,8-9,19H2. The largest absolute Gasteiger partial charge is 0.489 e. The van der Waals surface area contributed by atoms with Gasteiger partial charge in [0, 0.05) is 11.0 Å². The van der Waals surface area contributed by atoms with E-state index < -0.39 is 5.82 Å². The quantitative estimate of drug-likeness (QED) is 0.930. The van der Waals surface area contributed by atoms with Crippen LogP contribution in [0.25, 0.3) is 0 Å². The number of rotatable bonds is 4. The van der Waals surface area contributed by atoms with Crippen molar-refractivity contribution in [3.8, 4) is 11.8 Å². The SMILES string of the molecule is N#Cc1cc(F)cc(COc2ccc(Br)c(CN)c2)c1. The molecule has 2 N–H and O–H groups in total. The maximum Gasteiger partial charge on any atom is 0.124 e. The maximum atomic E-state index is 13.3. The summed E-state index contributed by atoms with van der Waals surface area (Å²) in [5, 5.41) is 8.79. The Balaban J connectivity index is 2.13. The first-order valence-corrected chi connectivity index (χ1v) is 6.72. The number of nitriles is 1. The summed E-state index contributed by atoms with van der Waals surface area (Å²) in [6.45, 7) is 0.592. The van der Waals surface area contributed by atoms with Crippen molar-refractivity contribution in [2.75, 3.05) is 0 Å². The van der Waals surface area contributed by atoms with Gasteiger partial charge >= 0.3 is 0 Å². The molecule has 0 aliphatic rings. The van der Waals surface area contributed by atoms with Crippen LogP contribution in [0.5, 0.6) is 5.75 Å². The summed E-state index contributed by atoms with van der Waals surface area (Å²) < 4.78 is 19.8. The molecule has 20 heavy (non-hydrogen) atoms. The maximum absolute atomic E-state index is 13.3. The van der Waals surface area contributed by atoms with E-state index in [1.165, 1.54) is 12.1 Å². The van der Waals surface area contributed by atoms with E-state index in [2.05, 4.69) is 15.9 Å². The molecule has 5 heteroatoms. The lowest BCUT2D eigenvalue weighted by molar-refractivity contribution is 0.305. The number of nitrogens with two attached hydrogens (primary N) is 1.